The molecular weight excluding hydrogens is 525 g/mol. The summed E-state index contributed by atoms with van der Waals surface area (Å²) in [5.41, 5.74) is 3.60. The molecule has 0 saturated carbocycles. The van der Waals surface area contributed by atoms with Gasteiger partial charge in [0.25, 0.3) is 0 Å². The van der Waals surface area contributed by atoms with Crippen LogP contribution in [0.1, 0.15) is 44.9 Å². The predicted molar refractivity (Wildman–Crippen MR) is 140 cm³/mol. The number of halogens is 3. The van der Waals surface area contributed by atoms with Crippen molar-refractivity contribution in [2.45, 2.75) is 32.9 Å². The number of aryl methyl sites for hydroxylation is 1. The first-order chi connectivity index (χ1) is 19.1. The average molecular weight is 555 g/mol. The van der Waals surface area contributed by atoms with Gasteiger partial charge in [0, 0.05) is 45.0 Å². The number of urea groups is 1. The van der Waals surface area contributed by atoms with Gasteiger partial charge in [0.2, 0.25) is 0 Å². The van der Waals surface area contributed by atoms with Gasteiger partial charge in [-0.2, -0.15) is 18.3 Å². The molecule has 0 unspecified atom stereocenters. The topological polar surface area (TPSA) is 93.5 Å². The zero-order valence-corrected chi connectivity index (χ0v) is 22.2. The van der Waals surface area contributed by atoms with E-state index in [2.05, 4.69) is 15.1 Å². The minimum atomic E-state index is -4.48. The summed E-state index contributed by atoms with van der Waals surface area (Å²) in [4.78, 5) is 38.0. The van der Waals surface area contributed by atoms with E-state index in [0.29, 0.717) is 57.1 Å². The highest BCUT2D eigenvalue weighted by Gasteiger charge is 2.31. The summed E-state index contributed by atoms with van der Waals surface area (Å²) in [5, 5.41) is 4.17. The van der Waals surface area contributed by atoms with Crippen molar-refractivity contribution in [3.05, 3.63) is 76.5 Å². The Morgan fingerprint density at radius 1 is 1.00 bits per heavy atom. The Labute approximate surface area is 229 Å². The maximum Gasteiger partial charge on any atom is 0.417 e. The minimum absolute atomic E-state index is 0.0323. The first kappa shape index (κ1) is 27.5. The van der Waals surface area contributed by atoms with Crippen molar-refractivity contribution in [2.75, 3.05) is 39.4 Å². The Balaban J connectivity index is 1.24. The highest BCUT2D eigenvalue weighted by molar-refractivity contribution is 5.98. The molecule has 2 amide bonds. The molecule has 0 N–H and O–H groups in total. The lowest BCUT2D eigenvalue weighted by molar-refractivity contribution is -0.137. The molecule has 0 atom stereocenters. The molecule has 40 heavy (non-hydrogen) atoms. The van der Waals surface area contributed by atoms with Gasteiger partial charge in [0.15, 0.2) is 11.6 Å². The van der Waals surface area contributed by atoms with E-state index < -0.39 is 11.7 Å². The zero-order chi connectivity index (χ0) is 28.4. The first-order valence-electron chi connectivity index (χ1n) is 13.0. The van der Waals surface area contributed by atoms with Gasteiger partial charge in [-0.15, -0.1) is 0 Å². The van der Waals surface area contributed by atoms with Crippen molar-refractivity contribution in [2.24, 2.45) is 0 Å². The Kier molecular flexibility index (Phi) is 7.70. The summed E-state index contributed by atoms with van der Waals surface area (Å²) in [7, 11) is 0. The Hall–Kier alpha value is -4.06. The maximum absolute atomic E-state index is 13.1. The van der Waals surface area contributed by atoms with E-state index in [1.54, 1.807) is 13.1 Å². The summed E-state index contributed by atoms with van der Waals surface area (Å²) >= 11 is 0. The van der Waals surface area contributed by atoms with E-state index in [-0.39, 0.29) is 24.1 Å². The van der Waals surface area contributed by atoms with Crippen molar-refractivity contribution in [1.82, 2.24) is 29.5 Å². The number of aromatic nitrogens is 4. The Morgan fingerprint density at radius 3 is 2.40 bits per heavy atom. The molecule has 12 heteroatoms. The van der Waals surface area contributed by atoms with Gasteiger partial charge >= 0.3 is 12.2 Å². The van der Waals surface area contributed by atoms with Crippen LogP contribution in [0.25, 0.3) is 11.4 Å². The van der Waals surface area contributed by atoms with Crippen LogP contribution in [-0.2, 0) is 17.3 Å². The highest BCUT2D eigenvalue weighted by atomic mass is 19.4. The summed E-state index contributed by atoms with van der Waals surface area (Å²) in [6.45, 7) is 7.10. The number of amides is 2. The van der Waals surface area contributed by atoms with Crippen molar-refractivity contribution in [3.63, 3.8) is 0 Å². The van der Waals surface area contributed by atoms with E-state index in [9.17, 15) is 22.8 Å². The molecule has 0 spiro atoms. The lowest BCUT2D eigenvalue weighted by Gasteiger charge is -2.34. The van der Waals surface area contributed by atoms with Crippen LogP contribution in [0.4, 0.5) is 18.0 Å². The zero-order valence-electron chi connectivity index (χ0n) is 22.2. The van der Waals surface area contributed by atoms with E-state index in [1.165, 1.54) is 16.9 Å². The molecule has 0 aromatic carbocycles. The van der Waals surface area contributed by atoms with Crippen molar-refractivity contribution in [3.8, 4) is 5.82 Å². The lowest BCUT2D eigenvalue weighted by atomic mass is 9.98. The van der Waals surface area contributed by atoms with Gasteiger partial charge in [-0.1, -0.05) is 12.1 Å². The van der Waals surface area contributed by atoms with Crippen molar-refractivity contribution in [1.29, 1.82) is 0 Å². The number of carbonyl (C=O) groups excluding carboxylic acids is 2. The summed E-state index contributed by atoms with van der Waals surface area (Å²) in [6.07, 6.45) is 2.18. The average Bonchev–Trinajstić information content (AvgIpc) is 3.34. The highest BCUT2D eigenvalue weighted by Crippen LogP contribution is 2.29. The third-order valence-electron chi connectivity index (χ3n) is 7.17. The van der Waals surface area contributed by atoms with Crippen LogP contribution in [0.2, 0.25) is 0 Å². The van der Waals surface area contributed by atoms with Gasteiger partial charge in [-0.05, 0) is 49.1 Å². The molecule has 0 bridgehead atoms. The number of ether oxygens (including phenoxy) is 1. The number of rotatable bonds is 5. The van der Waals surface area contributed by atoms with Gasteiger partial charge in [0.05, 0.1) is 41.9 Å². The summed E-state index contributed by atoms with van der Waals surface area (Å²) in [5.74, 6) is 0.0103. The fourth-order valence-corrected chi connectivity index (χ4v) is 4.95. The Bertz CT molecular complexity index is 1440. The van der Waals surface area contributed by atoms with Gasteiger partial charge in [-0.3, -0.25) is 9.78 Å². The third-order valence-corrected chi connectivity index (χ3v) is 7.17. The molecule has 9 nitrogen and oxygen atoms in total. The smallest absolute Gasteiger partial charge is 0.378 e. The predicted octanol–water partition coefficient (Wildman–Crippen LogP) is 4.26. The molecule has 0 aliphatic carbocycles. The molecule has 2 aliphatic heterocycles. The van der Waals surface area contributed by atoms with E-state index in [1.807, 2.05) is 28.9 Å². The van der Waals surface area contributed by atoms with Gasteiger partial charge in [0.1, 0.15) is 0 Å². The number of Topliss-reactive ketones (excluding diaryl/α,β-unsaturated/α-hetero) is 1. The summed E-state index contributed by atoms with van der Waals surface area (Å²) < 4.78 is 45.2. The Morgan fingerprint density at radius 2 is 1.77 bits per heavy atom. The van der Waals surface area contributed by atoms with Crippen molar-refractivity contribution < 1.29 is 27.5 Å². The lowest BCUT2D eigenvalue weighted by Crippen LogP contribution is -2.49. The SMILES string of the molecule is Cc1cc(CC(=O)c2cnn(-c3ccc(C(F)(F)F)cn3)c2C)cnc1C1=CCN(C(=O)N2CCOCC2)CC1. The number of nitrogens with zero attached hydrogens (tertiary/aromatic N) is 6. The largest absolute Gasteiger partial charge is 0.417 e. The van der Waals surface area contributed by atoms with E-state index >= 15 is 0 Å². The monoisotopic (exact) mass is 554 g/mol. The molecule has 0 radical (unpaired) electrons. The fourth-order valence-electron chi connectivity index (χ4n) is 4.95. The minimum Gasteiger partial charge on any atom is -0.378 e. The van der Waals surface area contributed by atoms with E-state index in [0.717, 1.165) is 34.7 Å². The number of hydrogen-bond donors (Lipinski definition) is 0. The number of morpholine rings is 1. The summed E-state index contributed by atoms with van der Waals surface area (Å²) in [6, 6.07) is 4.12. The molecule has 1 saturated heterocycles. The van der Waals surface area contributed by atoms with Gasteiger partial charge in [-0.25, -0.2) is 14.5 Å². The van der Waals surface area contributed by atoms with Crippen LogP contribution in [0.3, 0.4) is 0 Å². The van der Waals surface area contributed by atoms with Crippen LogP contribution in [-0.4, -0.2) is 80.8 Å². The van der Waals surface area contributed by atoms with Crippen LogP contribution in [0.15, 0.2) is 42.9 Å². The molecule has 5 heterocycles. The quantitative estimate of drug-likeness (QED) is 0.438. The normalized spacial score (nSPS) is 16.2. The maximum atomic E-state index is 13.1. The number of alkyl halides is 3. The second-order valence-electron chi connectivity index (χ2n) is 9.87. The second-order valence-corrected chi connectivity index (χ2v) is 9.87. The molecule has 5 rings (SSSR count). The molecule has 210 valence electrons. The molecular formula is C28H29F3N6O3. The van der Waals surface area contributed by atoms with Crippen molar-refractivity contribution >= 4 is 17.4 Å². The molecule has 3 aromatic rings. The molecule has 2 aliphatic rings. The number of ketones is 1. The van der Waals surface area contributed by atoms with Crippen LogP contribution in [0.5, 0.6) is 0 Å². The van der Waals surface area contributed by atoms with E-state index in [4.69, 9.17) is 4.74 Å². The fraction of sp³-hybridized carbons (Fsp3) is 0.393. The second kappa shape index (κ2) is 11.2. The molecule has 1 fully saturated rings. The number of hydrogen-bond acceptors (Lipinski definition) is 6. The van der Waals surface area contributed by atoms with Crippen LogP contribution < -0.4 is 0 Å². The molecule has 3 aromatic heterocycles. The van der Waals surface area contributed by atoms with Gasteiger partial charge < -0.3 is 14.5 Å². The van der Waals surface area contributed by atoms with Crippen LogP contribution >= 0.6 is 0 Å². The number of carbonyl (C=O) groups is 2. The third kappa shape index (κ3) is 5.76. The first-order valence-corrected chi connectivity index (χ1v) is 13.0. The standard InChI is InChI=1S/C28H29F3N6O3/c1-18-13-20(15-33-26(18)21-5-7-35(8-6-21)27(39)36-9-11-40-12-10-36)14-24(38)23-17-34-37(19(23)2)25-4-3-22(16-32-25)28(29,30)31/h3-5,13,15-17H,6-12,14H2,1-2H3. The van der Waals surface area contributed by atoms with Crippen LogP contribution in [0, 0.1) is 13.8 Å². The number of pyridine rings is 2.